The highest BCUT2D eigenvalue weighted by Crippen LogP contribution is 2.25. The van der Waals surface area contributed by atoms with Crippen LogP contribution in [0.1, 0.15) is 16.9 Å². The summed E-state index contributed by atoms with van der Waals surface area (Å²) in [5.74, 6) is 8.43. The molecule has 0 aromatic carbocycles. The molecule has 1 amide bonds. The Hall–Kier alpha value is -0.960. The largest absolute Gasteiger partial charge is 0.341 e. The molecular weight excluding hydrogens is 276 g/mol. The van der Waals surface area contributed by atoms with Crippen LogP contribution in [0.15, 0.2) is 11.4 Å². The van der Waals surface area contributed by atoms with Gasteiger partial charge in [-0.3, -0.25) is 4.79 Å². The van der Waals surface area contributed by atoms with Crippen LogP contribution in [0.4, 0.5) is 0 Å². The lowest BCUT2D eigenvalue weighted by atomic mass is 10.1. The fourth-order valence-electron chi connectivity index (χ4n) is 2.05. The number of hydrogen-bond acceptors (Lipinski definition) is 4. The Morgan fingerprint density at radius 2 is 2.47 bits per heavy atom. The molecule has 1 aromatic heterocycles. The van der Waals surface area contributed by atoms with Gasteiger partial charge in [-0.15, -0.1) is 11.3 Å². The Kier molecular flexibility index (Phi) is 5.32. The second kappa shape index (κ2) is 6.99. The molecule has 19 heavy (non-hydrogen) atoms. The molecule has 0 spiro atoms. The molecule has 1 unspecified atom stereocenters. The minimum absolute atomic E-state index is 0.213. The maximum Gasteiger partial charge on any atom is 0.226 e. The van der Waals surface area contributed by atoms with E-state index in [1.807, 2.05) is 29.8 Å². The molecule has 2 rings (SSSR count). The molecule has 3 nitrogen and oxygen atoms in total. The van der Waals surface area contributed by atoms with Gasteiger partial charge in [0, 0.05) is 25.3 Å². The van der Waals surface area contributed by atoms with E-state index in [2.05, 4.69) is 17.2 Å². The van der Waals surface area contributed by atoms with Crippen molar-refractivity contribution in [3.05, 3.63) is 21.9 Å². The van der Waals surface area contributed by atoms with Gasteiger partial charge in [0.25, 0.3) is 0 Å². The summed E-state index contributed by atoms with van der Waals surface area (Å²) >= 11 is 3.48. The Labute approximate surface area is 122 Å². The number of amides is 1. The third-order valence-corrected chi connectivity index (χ3v) is 5.10. The van der Waals surface area contributed by atoms with Crippen molar-refractivity contribution in [1.29, 1.82) is 0 Å². The van der Waals surface area contributed by atoms with Crippen molar-refractivity contribution in [2.75, 3.05) is 25.1 Å². The number of nitrogens with zero attached hydrogens (tertiary/aromatic N) is 1. The minimum atomic E-state index is 0.213. The number of thioether (sulfide) groups is 1. The third-order valence-electron chi connectivity index (χ3n) is 3.04. The fourth-order valence-corrected chi connectivity index (χ4v) is 4.04. The highest BCUT2D eigenvalue weighted by molar-refractivity contribution is 7.99. The van der Waals surface area contributed by atoms with E-state index >= 15 is 0 Å². The maximum absolute atomic E-state index is 12.2. The first kappa shape index (κ1) is 14.4. The smallest absolute Gasteiger partial charge is 0.226 e. The summed E-state index contributed by atoms with van der Waals surface area (Å²) in [5, 5.41) is 2.06. The normalized spacial score (nSPS) is 17.9. The Morgan fingerprint density at radius 1 is 1.63 bits per heavy atom. The number of hydrogen-bond donors (Lipinski definition) is 1. The monoisotopic (exact) mass is 294 g/mol. The van der Waals surface area contributed by atoms with Crippen molar-refractivity contribution >= 4 is 29.0 Å². The Morgan fingerprint density at radius 3 is 3.16 bits per heavy atom. The van der Waals surface area contributed by atoms with Gasteiger partial charge in [0.1, 0.15) is 0 Å². The van der Waals surface area contributed by atoms with Crippen LogP contribution < -0.4 is 5.73 Å². The molecule has 1 aliphatic heterocycles. The van der Waals surface area contributed by atoms with E-state index in [0.29, 0.717) is 13.1 Å². The lowest BCUT2D eigenvalue weighted by molar-refractivity contribution is -0.133. The maximum atomic E-state index is 12.2. The van der Waals surface area contributed by atoms with Crippen LogP contribution in [0.25, 0.3) is 0 Å². The molecule has 1 aromatic rings. The highest BCUT2D eigenvalue weighted by atomic mass is 32.2. The van der Waals surface area contributed by atoms with Gasteiger partial charge < -0.3 is 10.6 Å². The second-order valence-electron chi connectivity index (χ2n) is 4.58. The van der Waals surface area contributed by atoms with Gasteiger partial charge in [-0.25, -0.2) is 0 Å². The molecule has 0 radical (unpaired) electrons. The topological polar surface area (TPSA) is 46.3 Å². The fraction of sp³-hybridized carbons (Fsp3) is 0.500. The predicted octanol–water partition coefficient (Wildman–Crippen LogP) is 1.77. The second-order valence-corrected chi connectivity index (χ2v) is 6.64. The van der Waals surface area contributed by atoms with E-state index in [1.165, 1.54) is 0 Å². The lowest BCUT2D eigenvalue weighted by Crippen LogP contribution is -2.32. The molecule has 0 bridgehead atoms. The van der Waals surface area contributed by atoms with Gasteiger partial charge in [-0.05, 0) is 29.2 Å². The van der Waals surface area contributed by atoms with E-state index in [-0.39, 0.29) is 11.8 Å². The van der Waals surface area contributed by atoms with Gasteiger partial charge >= 0.3 is 0 Å². The number of carbonyl (C=O) groups is 1. The summed E-state index contributed by atoms with van der Waals surface area (Å²) in [6.45, 7) is 1.05. The van der Waals surface area contributed by atoms with Crippen LogP contribution >= 0.6 is 23.1 Å². The van der Waals surface area contributed by atoms with Crippen molar-refractivity contribution in [1.82, 2.24) is 4.90 Å². The Balaban J connectivity index is 1.92. The van der Waals surface area contributed by atoms with Crippen molar-refractivity contribution < 1.29 is 4.79 Å². The number of thiophene rings is 1. The summed E-state index contributed by atoms with van der Waals surface area (Å²) in [7, 11) is 1.88. The van der Waals surface area contributed by atoms with Crippen molar-refractivity contribution in [3.63, 3.8) is 0 Å². The molecule has 2 N–H and O–H groups in total. The van der Waals surface area contributed by atoms with Crippen LogP contribution in [0.2, 0.25) is 0 Å². The summed E-state index contributed by atoms with van der Waals surface area (Å²) < 4.78 is 0. The molecule has 0 saturated carbocycles. The SMILES string of the molecule is CN(Cc1csc(C#CCN)c1)C(=O)C1CCSC1. The van der Waals surface area contributed by atoms with E-state index < -0.39 is 0 Å². The van der Waals surface area contributed by atoms with E-state index in [0.717, 1.165) is 28.4 Å². The average molecular weight is 294 g/mol. The molecule has 5 heteroatoms. The van der Waals surface area contributed by atoms with Crippen LogP contribution in [0.5, 0.6) is 0 Å². The molecule has 0 aliphatic carbocycles. The molecular formula is C14H18N2OS2. The van der Waals surface area contributed by atoms with Gasteiger partial charge in [-0.1, -0.05) is 11.8 Å². The first-order valence-corrected chi connectivity index (χ1v) is 8.33. The first-order valence-electron chi connectivity index (χ1n) is 6.29. The summed E-state index contributed by atoms with van der Waals surface area (Å²) in [4.78, 5) is 15.0. The third kappa shape index (κ3) is 4.00. The lowest BCUT2D eigenvalue weighted by Gasteiger charge is -2.19. The summed E-state index contributed by atoms with van der Waals surface area (Å²) in [5.41, 5.74) is 6.50. The standard InChI is InChI=1S/C14H18N2OS2/c1-16(14(17)12-4-6-18-10-12)8-11-7-13(19-9-11)3-2-5-15/h7,9,12H,4-6,8,10,15H2,1H3. The summed E-state index contributed by atoms with van der Waals surface area (Å²) in [6, 6.07) is 2.04. The predicted molar refractivity (Wildman–Crippen MR) is 82.2 cm³/mol. The van der Waals surface area contributed by atoms with Crippen molar-refractivity contribution in [3.8, 4) is 11.8 Å². The zero-order valence-corrected chi connectivity index (χ0v) is 12.6. The molecule has 2 heterocycles. The van der Waals surface area contributed by atoms with Crippen LogP contribution in [0.3, 0.4) is 0 Å². The molecule has 1 aliphatic rings. The van der Waals surface area contributed by atoms with Crippen molar-refractivity contribution in [2.45, 2.75) is 13.0 Å². The van der Waals surface area contributed by atoms with E-state index in [1.54, 1.807) is 11.3 Å². The minimum Gasteiger partial charge on any atom is -0.341 e. The zero-order chi connectivity index (χ0) is 13.7. The highest BCUT2D eigenvalue weighted by Gasteiger charge is 2.25. The number of rotatable bonds is 3. The quantitative estimate of drug-likeness (QED) is 0.864. The van der Waals surface area contributed by atoms with Gasteiger partial charge in [0.05, 0.1) is 11.4 Å². The molecule has 1 fully saturated rings. The Bertz CT molecular complexity index is 495. The van der Waals surface area contributed by atoms with Gasteiger partial charge in [0.15, 0.2) is 0 Å². The van der Waals surface area contributed by atoms with E-state index in [9.17, 15) is 4.79 Å². The van der Waals surface area contributed by atoms with Crippen LogP contribution in [-0.2, 0) is 11.3 Å². The molecule has 1 atom stereocenters. The average Bonchev–Trinajstić information content (AvgIpc) is 3.06. The van der Waals surface area contributed by atoms with Gasteiger partial charge in [-0.2, -0.15) is 11.8 Å². The zero-order valence-electron chi connectivity index (χ0n) is 11.0. The van der Waals surface area contributed by atoms with E-state index in [4.69, 9.17) is 5.73 Å². The van der Waals surface area contributed by atoms with Crippen LogP contribution in [0, 0.1) is 17.8 Å². The summed E-state index contributed by atoms with van der Waals surface area (Å²) in [6.07, 6.45) is 1.02. The number of carbonyl (C=O) groups excluding carboxylic acids is 1. The van der Waals surface area contributed by atoms with Crippen molar-refractivity contribution in [2.24, 2.45) is 11.7 Å². The molecule has 102 valence electrons. The first-order chi connectivity index (χ1) is 9.20. The van der Waals surface area contributed by atoms with Crippen LogP contribution in [-0.4, -0.2) is 35.9 Å². The van der Waals surface area contributed by atoms with Gasteiger partial charge in [0.2, 0.25) is 5.91 Å². The number of nitrogens with two attached hydrogens (primary N) is 1. The molecule has 1 saturated heterocycles.